The summed E-state index contributed by atoms with van der Waals surface area (Å²) in [5.74, 6) is -0.451. The molecule has 0 aromatic heterocycles. The second kappa shape index (κ2) is 6.02. The molecule has 2 nitrogen and oxygen atoms in total. The molecule has 0 bridgehead atoms. The van der Waals surface area contributed by atoms with E-state index in [2.05, 4.69) is 0 Å². The topological polar surface area (TPSA) is 18.5 Å². The molecule has 0 saturated carbocycles. The second-order valence-electron chi connectivity index (χ2n) is 5.49. The van der Waals surface area contributed by atoms with E-state index in [-0.39, 0.29) is 5.95 Å². The highest BCUT2D eigenvalue weighted by Gasteiger charge is 2.19. The Balaban J connectivity index is 1.81. The first-order valence-corrected chi connectivity index (χ1v) is 7.51. The van der Waals surface area contributed by atoms with Gasteiger partial charge in [0.1, 0.15) is 29.0 Å². The molecule has 1 aliphatic rings. The van der Waals surface area contributed by atoms with Crippen LogP contribution >= 0.6 is 0 Å². The summed E-state index contributed by atoms with van der Waals surface area (Å²) in [4.78, 5) is 0. The van der Waals surface area contributed by atoms with E-state index in [0.717, 1.165) is 0 Å². The lowest BCUT2D eigenvalue weighted by atomic mass is 9.99. The van der Waals surface area contributed by atoms with Gasteiger partial charge in [0.25, 0.3) is 5.95 Å². The SMILES string of the molecule is Fc1ccc(OC2=Cc3cc(F)ccc3-c3cc(F)ccc3O2)cc1. The van der Waals surface area contributed by atoms with Gasteiger partial charge < -0.3 is 9.47 Å². The highest BCUT2D eigenvalue weighted by molar-refractivity contribution is 5.81. The number of benzene rings is 3. The number of halogens is 3. The van der Waals surface area contributed by atoms with Crippen LogP contribution in [0.4, 0.5) is 13.2 Å². The fourth-order valence-electron chi connectivity index (χ4n) is 2.63. The summed E-state index contributed by atoms with van der Waals surface area (Å²) >= 11 is 0. The van der Waals surface area contributed by atoms with E-state index in [1.165, 1.54) is 60.7 Å². The van der Waals surface area contributed by atoms with Crippen LogP contribution in [0.25, 0.3) is 17.2 Å². The van der Waals surface area contributed by atoms with E-state index >= 15 is 0 Å². The maximum atomic E-state index is 13.7. The molecule has 124 valence electrons. The van der Waals surface area contributed by atoms with E-state index in [0.29, 0.717) is 28.2 Å². The van der Waals surface area contributed by atoms with E-state index in [9.17, 15) is 13.2 Å². The average Bonchev–Trinajstić information content (AvgIpc) is 2.72. The van der Waals surface area contributed by atoms with Crippen molar-refractivity contribution in [3.05, 3.63) is 89.6 Å². The number of ether oxygens (including phenoxy) is 2. The maximum Gasteiger partial charge on any atom is 0.290 e. The van der Waals surface area contributed by atoms with Crippen molar-refractivity contribution in [1.29, 1.82) is 0 Å². The van der Waals surface area contributed by atoms with Crippen LogP contribution in [0, 0.1) is 17.5 Å². The van der Waals surface area contributed by atoms with Gasteiger partial charge in [0.2, 0.25) is 0 Å². The van der Waals surface area contributed by atoms with Crippen LogP contribution in [0.5, 0.6) is 11.5 Å². The molecular weight excluding hydrogens is 329 g/mol. The van der Waals surface area contributed by atoms with Gasteiger partial charge in [-0.3, -0.25) is 0 Å². The lowest BCUT2D eigenvalue weighted by molar-refractivity contribution is 0.232. The molecule has 0 fully saturated rings. The minimum atomic E-state index is -0.434. The van der Waals surface area contributed by atoms with Gasteiger partial charge in [-0.15, -0.1) is 0 Å². The van der Waals surface area contributed by atoms with Crippen LogP contribution in [0.15, 0.2) is 66.6 Å². The molecule has 0 amide bonds. The van der Waals surface area contributed by atoms with E-state index in [1.54, 1.807) is 6.07 Å². The Labute approximate surface area is 141 Å². The van der Waals surface area contributed by atoms with E-state index < -0.39 is 17.5 Å². The Bertz CT molecular complexity index is 979. The largest absolute Gasteiger partial charge is 0.426 e. The Hall–Kier alpha value is -3.21. The Morgan fingerprint density at radius 3 is 2.16 bits per heavy atom. The monoisotopic (exact) mass is 340 g/mol. The molecule has 0 atom stereocenters. The molecule has 0 spiro atoms. The number of rotatable bonds is 2. The molecule has 0 unspecified atom stereocenters. The molecule has 3 aromatic rings. The Morgan fingerprint density at radius 2 is 1.36 bits per heavy atom. The van der Waals surface area contributed by atoms with Crippen molar-refractivity contribution in [2.24, 2.45) is 0 Å². The highest BCUT2D eigenvalue weighted by atomic mass is 19.1. The normalized spacial score (nSPS) is 12.4. The van der Waals surface area contributed by atoms with Crippen LogP contribution in [0.3, 0.4) is 0 Å². The summed E-state index contributed by atoms with van der Waals surface area (Å²) in [6, 6.07) is 13.6. The second-order valence-corrected chi connectivity index (χ2v) is 5.49. The highest BCUT2D eigenvalue weighted by Crippen LogP contribution is 2.38. The fraction of sp³-hybridized carbons (Fsp3) is 0. The lowest BCUT2D eigenvalue weighted by Gasteiger charge is -2.12. The standard InChI is InChI=1S/C20H11F3O2/c21-13-1-5-16(6-2-13)24-20-10-12-9-14(22)3-7-17(12)18-11-15(23)4-8-19(18)25-20/h1-11H. The quantitative estimate of drug-likeness (QED) is 0.610. The molecule has 0 aliphatic carbocycles. The van der Waals surface area contributed by atoms with E-state index in [4.69, 9.17) is 9.47 Å². The van der Waals surface area contributed by atoms with Crippen molar-refractivity contribution in [2.75, 3.05) is 0 Å². The Morgan fingerprint density at radius 1 is 0.680 bits per heavy atom. The molecule has 0 radical (unpaired) electrons. The number of hydrogen-bond acceptors (Lipinski definition) is 2. The van der Waals surface area contributed by atoms with Crippen LogP contribution in [-0.2, 0) is 0 Å². The summed E-state index contributed by atoms with van der Waals surface area (Å²) in [7, 11) is 0. The average molecular weight is 340 g/mol. The lowest BCUT2D eigenvalue weighted by Crippen LogP contribution is -2.03. The minimum Gasteiger partial charge on any atom is -0.426 e. The van der Waals surface area contributed by atoms with Crippen LogP contribution < -0.4 is 9.47 Å². The summed E-state index contributed by atoms with van der Waals surface area (Å²) < 4.78 is 51.7. The van der Waals surface area contributed by atoms with Crippen molar-refractivity contribution < 1.29 is 22.6 Å². The predicted octanol–water partition coefficient (Wildman–Crippen LogP) is 5.54. The van der Waals surface area contributed by atoms with Crippen molar-refractivity contribution >= 4 is 6.08 Å². The van der Waals surface area contributed by atoms with Gasteiger partial charge in [-0.2, -0.15) is 0 Å². The number of hydrogen-bond donors (Lipinski definition) is 0. The zero-order valence-electron chi connectivity index (χ0n) is 12.8. The van der Waals surface area contributed by atoms with Gasteiger partial charge in [0.05, 0.1) is 0 Å². The van der Waals surface area contributed by atoms with Crippen molar-refractivity contribution in [3.63, 3.8) is 0 Å². The zero-order valence-corrected chi connectivity index (χ0v) is 12.8. The van der Waals surface area contributed by atoms with Gasteiger partial charge in [0, 0.05) is 11.6 Å². The molecule has 4 rings (SSSR count). The zero-order chi connectivity index (χ0) is 17.4. The minimum absolute atomic E-state index is 0.0730. The molecule has 3 aromatic carbocycles. The van der Waals surface area contributed by atoms with Gasteiger partial charge in [-0.1, -0.05) is 6.07 Å². The first kappa shape index (κ1) is 15.3. The Kier molecular flexibility index (Phi) is 3.69. The first-order chi connectivity index (χ1) is 12.1. The summed E-state index contributed by atoms with van der Waals surface area (Å²) in [6.07, 6.45) is 1.51. The molecule has 25 heavy (non-hydrogen) atoms. The van der Waals surface area contributed by atoms with Crippen molar-refractivity contribution in [3.8, 4) is 22.6 Å². The molecule has 1 heterocycles. The van der Waals surface area contributed by atoms with Gasteiger partial charge in [0.15, 0.2) is 0 Å². The predicted molar refractivity (Wildman–Crippen MR) is 87.4 cm³/mol. The van der Waals surface area contributed by atoms with Crippen molar-refractivity contribution in [1.82, 2.24) is 0 Å². The third-order valence-corrected chi connectivity index (χ3v) is 3.76. The third kappa shape index (κ3) is 3.08. The van der Waals surface area contributed by atoms with Gasteiger partial charge >= 0.3 is 0 Å². The van der Waals surface area contributed by atoms with Crippen LogP contribution in [-0.4, -0.2) is 0 Å². The summed E-state index contributed by atoms with van der Waals surface area (Å²) in [5.41, 5.74) is 1.60. The van der Waals surface area contributed by atoms with Gasteiger partial charge in [-0.05, 0) is 65.7 Å². The maximum absolute atomic E-state index is 13.7. The fourth-order valence-corrected chi connectivity index (χ4v) is 2.63. The summed E-state index contributed by atoms with van der Waals surface area (Å²) in [6.45, 7) is 0. The third-order valence-electron chi connectivity index (χ3n) is 3.76. The molecule has 0 saturated heterocycles. The van der Waals surface area contributed by atoms with E-state index in [1.807, 2.05) is 0 Å². The molecular formula is C20H11F3O2. The van der Waals surface area contributed by atoms with Crippen LogP contribution in [0.2, 0.25) is 0 Å². The summed E-state index contributed by atoms with van der Waals surface area (Å²) in [5, 5.41) is 0. The van der Waals surface area contributed by atoms with Gasteiger partial charge in [-0.25, -0.2) is 13.2 Å². The number of fused-ring (bicyclic) bond motifs is 3. The first-order valence-electron chi connectivity index (χ1n) is 7.51. The molecule has 5 heteroatoms. The van der Waals surface area contributed by atoms with Crippen LogP contribution in [0.1, 0.15) is 5.56 Å². The molecule has 0 N–H and O–H groups in total. The smallest absolute Gasteiger partial charge is 0.290 e. The molecule has 1 aliphatic heterocycles. The van der Waals surface area contributed by atoms with Crippen molar-refractivity contribution in [2.45, 2.75) is 0 Å².